The smallest absolute Gasteiger partial charge is 0.416 e. The molecule has 0 bridgehead atoms. The number of halogens is 5. The van der Waals surface area contributed by atoms with Crippen molar-refractivity contribution in [2.24, 2.45) is 5.73 Å². The highest BCUT2D eigenvalue weighted by molar-refractivity contribution is 9.11. The van der Waals surface area contributed by atoms with E-state index in [0.717, 1.165) is 12.1 Å². The zero-order valence-electron chi connectivity index (χ0n) is 12.2. The molecule has 10 heteroatoms. The van der Waals surface area contributed by atoms with Crippen LogP contribution in [-0.2, 0) is 10.9 Å². The molecular formula is C14H11Br2F3N4O. The maximum absolute atomic E-state index is 12.9. The number of anilines is 1. The standard InChI is InChI=1S/C14H11Br2F3N4O/c1-2-24-6-11-8(5-20)13(21)22-23(11)12-9(15)3-7(4-10(12)16)14(17,18)19/h3-4,6,22H,2,21H2,1H3. The maximum atomic E-state index is 12.9. The third-order valence-electron chi connectivity index (χ3n) is 3.04. The fourth-order valence-electron chi connectivity index (χ4n) is 2.00. The molecule has 0 saturated carbocycles. The van der Waals surface area contributed by atoms with Gasteiger partial charge >= 0.3 is 6.18 Å². The highest BCUT2D eigenvalue weighted by atomic mass is 79.9. The van der Waals surface area contributed by atoms with Gasteiger partial charge in [-0.3, -0.25) is 5.43 Å². The summed E-state index contributed by atoms with van der Waals surface area (Å²) in [6, 6.07) is 3.83. The van der Waals surface area contributed by atoms with E-state index >= 15 is 0 Å². The third kappa shape index (κ3) is 3.47. The number of allylic oxidation sites excluding steroid dienone is 1. The molecule has 128 valence electrons. The van der Waals surface area contributed by atoms with Gasteiger partial charge in [-0.2, -0.15) is 18.4 Å². The number of nitrogens with two attached hydrogens (primary N) is 1. The lowest BCUT2D eigenvalue weighted by atomic mass is 10.1. The second-order valence-electron chi connectivity index (χ2n) is 4.59. The summed E-state index contributed by atoms with van der Waals surface area (Å²) in [5.74, 6) is 0.0714. The van der Waals surface area contributed by atoms with Crippen LogP contribution in [0.15, 0.2) is 44.4 Å². The van der Waals surface area contributed by atoms with Crippen molar-refractivity contribution in [2.75, 3.05) is 11.6 Å². The molecule has 0 atom stereocenters. The van der Waals surface area contributed by atoms with Gasteiger partial charge in [0.05, 0.1) is 17.9 Å². The lowest BCUT2D eigenvalue weighted by molar-refractivity contribution is -0.137. The largest absolute Gasteiger partial charge is 0.499 e. The van der Waals surface area contributed by atoms with Crippen LogP contribution in [0.2, 0.25) is 0 Å². The van der Waals surface area contributed by atoms with E-state index in [1.165, 1.54) is 11.3 Å². The predicted molar refractivity (Wildman–Crippen MR) is 89.0 cm³/mol. The monoisotopic (exact) mass is 466 g/mol. The SMILES string of the molecule is CCOC=C1C(C#N)=C(N)NN1c1c(Br)cc(C(F)(F)F)cc1Br. The fraction of sp³-hybridized carbons (Fsp3) is 0.214. The zero-order valence-corrected chi connectivity index (χ0v) is 15.4. The first-order valence-electron chi connectivity index (χ1n) is 6.55. The van der Waals surface area contributed by atoms with Crippen LogP contribution in [-0.4, -0.2) is 6.61 Å². The van der Waals surface area contributed by atoms with Crippen LogP contribution in [0.1, 0.15) is 12.5 Å². The Labute approximate surface area is 152 Å². The topological polar surface area (TPSA) is 74.3 Å². The van der Waals surface area contributed by atoms with E-state index in [0.29, 0.717) is 12.3 Å². The normalized spacial score (nSPS) is 16.4. The number of nitrogens with zero attached hydrogens (tertiary/aromatic N) is 2. The first-order chi connectivity index (χ1) is 11.2. The summed E-state index contributed by atoms with van der Waals surface area (Å²) < 4.78 is 44.2. The van der Waals surface area contributed by atoms with Crippen molar-refractivity contribution in [3.05, 3.63) is 50.0 Å². The second-order valence-corrected chi connectivity index (χ2v) is 6.30. The molecule has 0 aromatic heterocycles. The van der Waals surface area contributed by atoms with E-state index in [2.05, 4.69) is 37.3 Å². The van der Waals surface area contributed by atoms with Gasteiger partial charge in [-0.25, -0.2) is 5.01 Å². The van der Waals surface area contributed by atoms with Crippen LogP contribution in [0.5, 0.6) is 0 Å². The van der Waals surface area contributed by atoms with Crippen molar-refractivity contribution in [3.63, 3.8) is 0 Å². The summed E-state index contributed by atoms with van der Waals surface area (Å²) >= 11 is 6.27. The van der Waals surface area contributed by atoms with Gasteiger partial charge in [0, 0.05) is 8.95 Å². The first kappa shape index (κ1) is 18.5. The van der Waals surface area contributed by atoms with Gasteiger partial charge in [0.15, 0.2) is 0 Å². The van der Waals surface area contributed by atoms with E-state index in [1.54, 1.807) is 6.92 Å². The van der Waals surface area contributed by atoms with Gasteiger partial charge in [0.25, 0.3) is 0 Å². The number of nitriles is 1. The van der Waals surface area contributed by atoms with Gasteiger partial charge in [0.2, 0.25) is 0 Å². The lowest BCUT2D eigenvalue weighted by Crippen LogP contribution is -2.33. The molecule has 5 nitrogen and oxygen atoms in total. The Morgan fingerprint density at radius 2 is 1.96 bits per heavy atom. The lowest BCUT2D eigenvalue weighted by Gasteiger charge is -2.24. The minimum atomic E-state index is -4.49. The Balaban J connectivity index is 2.54. The average molecular weight is 468 g/mol. The molecule has 1 aromatic rings. The first-order valence-corrected chi connectivity index (χ1v) is 8.14. The summed E-state index contributed by atoms with van der Waals surface area (Å²) in [4.78, 5) is 0. The molecule has 0 aliphatic carbocycles. The molecule has 0 amide bonds. The number of nitrogens with one attached hydrogen (secondary N) is 1. The molecule has 0 saturated heterocycles. The average Bonchev–Trinajstić information content (AvgIpc) is 2.79. The highest BCUT2D eigenvalue weighted by Gasteiger charge is 2.35. The van der Waals surface area contributed by atoms with Crippen molar-refractivity contribution >= 4 is 37.5 Å². The molecule has 3 N–H and O–H groups in total. The Morgan fingerprint density at radius 1 is 1.38 bits per heavy atom. The van der Waals surface area contributed by atoms with Crippen molar-refractivity contribution in [3.8, 4) is 6.07 Å². The Bertz CT molecular complexity index is 745. The van der Waals surface area contributed by atoms with Gasteiger partial charge in [-0.05, 0) is 50.9 Å². The number of hydrogen-bond donors (Lipinski definition) is 2. The number of benzene rings is 1. The zero-order chi connectivity index (χ0) is 18.1. The molecule has 0 fully saturated rings. The number of hydrogen-bond acceptors (Lipinski definition) is 5. The molecule has 2 rings (SSSR count). The minimum absolute atomic E-state index is 0.0714. The number of rotatable bonds is 3. The third-order valence-corrected chi connectivity index (χ3v) is 4.25. The Kier molecular flexibility index (Phi) is 5.35. The van der Waals surface area contributed by atoms with Crippen molar-refractivity contribution < 1.29 is 17.9 Å². The van der Waals surface area contributed by atoms with Gasteiger partial charge in [-0.15, -0.1) is 0 Å². The Morgan fingerprint density at radius 3 is 2.42 bits per heavy atom. The van der Waals surface area contributed by atoms with E-state index in [4.69, 9.17) is 10.5 Å². The Hall–Kier alpha value is -1.86. The summed E-state index contributed by atoms with van der Waals surface area (Å²) in [6.45, 7) is 2.11. The molecule has 1 heterocycles. The summed E-state index contributed by atoms with van der Waals surface area (Å²) in [6.07, 6.45) is -3.16. The summed E-state index contributed by atoms with van der Waals surface area (Å²) in [7, 11) is 0. The summed E-state index contributed by atoms with van der Waals surface area (Å²) in [5, 5.41) is 10.6. The van der Waals surface area contributed by atoms with E-state index in [9.17, 15) is 18.4 Å². The van der Waals surface area contributed by atoms with Crippen molar-refractivity contribution in [2.45, 2.75) is 13.1 Å². The van der Waals surface area contributed by atoms with Crippen LogP contribution >= 0.6 is 31.9 Å². The fourth-order valence-corrected chi connectivity index (χ4v) is 3.54. The maximum Gasteiger partial charge on any atom is 0.416 e. The van der Waals surface area contributed by atoms with Gasteiger partial charge in [-0.1, -0.05) is 0 Å². The van der Waals surface area contributed by atoms with Crippen LogP contribution in [0.4, 0.5) is 18.9 Å². The number of hydrazine groups is 1. The van der Waals surface area contributed by atoms with Crippen molar-refractivity contribution in [1.82, 2.24) is 5.43 Å². The highest BCUT2D eigenvalue weighted by Crippen LogP contribution is 2.42. The molecular weight excluding hydrogens is 457 g/mol. The van der Waals surface area contributed by atoms with Gasteiger partial charge in [0.1, 0.15) is 29.4 Å². The van der Waals surface area contributed by atoms with Crippen molar-refractivity contribution in [1.29, 1.82) is 5.26 Å². The molecule has 24 heavy (non-hydrogen) atoms. The molecule has 0 unspecified atom stereocenters. The molecule has 0 spiro atoms. The van der Waals surface area contributed by atoms with Crippen LogP contribution in [0.25, 0.3) is 0 Å². The van der Waals surface area contributed by atoms with Crippen LogP contribution < -0.4 is 16.2 Å². The van der Waals surface area contributed by atoms with E-state index in [1.807, 2.05) is 6.07 Å². The second kappa shape index (κ2) is 6.94. The molecule has 0 radical (unpaired) electrons. The summed E-state index contributed by atoms with van der Waals surface area (Å²) in [5.41, 5.74) is 8.44. The molecule has 1 aliphatic heterocycles. The molecule has 1 aliphatic rings. The minimum Gasteiger partial charge on any atom is -0.499 e. The van der Waals surface area contributed by atoms with E-state index in [-0.39, 0.29) is 26.0 Å². The molecule has 1 aromatic carbocycles. The quantitative estimate of drug-likeness (QED) is 0.654. The number of ether oxygens (including phenoxy) is 1. The van der Waals surface area contributed by atoms with Crippen LogP contribution in [0.3, 0.4) is 0 Å². The van der Waals surface area contributed by atoms with Crippen LogP contribution in [0, 0.1) is 11.3 Å². The van der Waals surface area contributed by atoms with E-state index < -0.39 is 11.7 Å². The van der Waals surface area contributed by atoms with Gasteiger partial charge < -0.3 is 10.5 Å². The number of alkyl halides is 3. The predicted octanol–water partition coefficient (Wildman–Crippen LogP) is 4.13.